The van der Waals surface area contributed by atoms with Crippen molar-refractivity contribution in [2.24, 2.45) is 0 Å². The summed E-state index contributed by atoms with van der Waals surface area (Å²) in [5, 5.41) is 4.86. The number of hydrogen-bond donors (Lipinski definition) is 0. The lowest BCUT2D eigenvalue weighted by Crippen LogP contribution is -2.27. The maximum atomic E-state index is 13.3. The summed E-state index contributed by atoms with van der Waals surface area (Å²) >= 11 is 0. The van der Waals surface area contributed by atoms with E-state index in [9.17, 15) is 9.59 Å². The van der Waals surface area contributed by atoms with Gasteiger partial charge in [-0.3, -0.25) is 9.59 Å². The molecule has 5 rings (SSSR count). The van der Waals surface area contributed by atoms with E-state index >= 15 is 0 Å². The quantitative estimate of drug-likeness (QED) is 0.390. The summed E-state index contributed by atoms with van der Waals surface area (Å²) < 4.78 is 1.86. The monoisotopic (exact) mass is 464 g/mol. The second-order valence-corrected chi connectivity index (χ2v) is 8.93. The van der Waals surface area contributed by atoms with Gasteiger partial charge >= 0.3 is 0 Å². The highest BCUT2D eigenvalue weighted by Crippen LogP contribution is 2.25. The van der Waals surface area contributed by atoms with E-state index < -0.39 is 0 Å². The van der Waals surface area contributed by atoms with E-state index in [0.29, 0.717) is 25.1 Å². The third-order valence-electron chi connectivity index (χ3n) is 6.33. The Morgan fingerprint density at radius 1 is 0.971 bits per heavy atom. The summed E-state index contributed by atoms with van der Waals surface area (Å²) in [6, 6.07) is 27.6. The fourth-order valence-electron chi connectivity index (χ4n) is 4.52. The molecule has 3 aromatic carbocycles. The van der Waals surface area contributed by atoms with Gasteiger partial charge in [0.15, 0.2) is 0 Å². The van der Waals surface area contributed by atoms with Crippen LogP contribution in [0.25, 0.3) is 16.9 Å². The summed E-state index contributed by atoms with van der Waals surface area (Å²) in [4.78, 5) is 28.9. The second kappa shape index (κ2) is 9.97. The van der Waals surface area contributed by atoms with Crippen molar-refractivity contribution in [2.75, 3.05) is 13.6 Å². The minimum absolute atomic E-state index is 0.0638. The Balaban J connectivity index is 1.39. The standard InChI is InChI=1S/C29H28N4O2/c1-31(29(35)24-13-8-10-22(18-24)19-32-17-9-16-27(32)34)20-25-21-33(26-14-6-3-7-15-26)30-28(25)23-11-4-2-5-12-23/h2-8,10-15,18,21H,9,16-17,19-20H2,1H3. The maximum Gasteiger partial charge on any atom is 0.253 e. The Morgan fingerprint density at radius 3 is 2.43 bits per heavy atom. The van der Waals surface area contributed by atoms with E-state index in [-0.39, 0.29) is 11.8 Å². The molecule has 1 aromatic heterocycles. The van der Waals surface area contributed by atoms with Crippen LogP contribution in [0.15, 0.2) is 91.1 Å². The molecular formula is C29H28N4O2. The lowest BCUT2D eigenvalue weighted by atomic mass is 10.1. The van der Waals surface area contributed by atoms with E-state index in [1.54, 1.807) is 4.90 Å². The molecule has 0 aliphatic carbocycles. The number of aromatic nitrogens is 2. The van der Waals surface area contributed by atoms with Crippen molar-refractivity contribution in [1.82, 2.24) is 19.6 Å². The van der Waals surface area contributed by atoms with Crippen molar-refractivity contribution in [3.8, 4) is 16.9 Å². The number of rotatable bonds is 7. The number of hydrogen-bond acceptors (Lipinski definition) is 3. The molecule has 4 aromatic rings. The van der Waals surface area contributed by atoms with Crippen LogP contribution >= 0.6 is 0 Å². The van der Waals surface area contributed by atoms with Gasteiger partial charge in [-0.2, -0.15) is 5.10 Å². The van der Waals surface area contributed by atoms with Crippen LogP contribution < -0.4 is 0 Å². The van der Waals surface area contributed by atoms with Gasteiger partial charge in [0, 0.05) is 56.0 Å². The van der Waals surface area contributed by atoms with Gasteiger partial charge in [0.25, 0.3) is 5.91 Å². The molecule has 0 radical (unpaired) electrons. The zero-order valence-corrected chi connectivity index (χ0v) is 19.8. The minimum atomic E-state index is -0.0638. The van der Waals surface area contributed by atoms with E-state index in [1.165, 1.54) is 0 Å². The molecule has 1 fully saturated rings. The van der Waals surface area contributed by atoms with Gasteiger partial charge in [-0.05, 0) is 36.2 Å². The molecule has 1 aliphatic rings. The summed E-state index contributed by atoms with van der Waals surface area (Å²) in [6.07, 6.45) is 3.51. The number of para-hydroxylation sites is 1. The van der Waals surface area contributed by atoms with E-state index in [2.05, 4.69) is 0 Å². The zero-order valence-electron chi connectivity index (χ0n) is 19.8. The lowest BCUT2D eigenvalue weighted by Gasteiger charge is -2.19. The normalized spacial score (nSPS) is 13.3. The van der Waals surface area contributed by atoms with Crippen molar-refractivity contribution >= 4 is 11.8 Å². The van der Waals surface area contributed by atoms with Crippen molar-refractivity contribution in [3.63, 3.8) is 0 Å². The average molecular weight is 465 g/mol. The van der Waals surface area contributed by atoms with Crippen molar-refractivity contribution in [2.45, 2.75) is 25.9 Å². The van der Waals surface area contributed by atoms with E-state index in [4.69, 9.17) is 5.10 Å². The fraction of sp³-hybridized carbons (Fsp3) is 0.207. The first-order valence-electron chi connectivity index (χ1n) is 11.9. The number of nitrogens with zero attached hydrogens (tertiary/aromatic N) is 4. The third-order valence-corrected chi connectivity index (χ3v) is 6.33. The molecule has 0 spiro atoms. The number of amides is 2. The first kappa shape index (κ1) is 22.6. The average Bonchev–Trinajstić information content (AvgIpc) is 3.51. The largest absolute Gasteiger partial charge is 0.338 e. The highest BCUT2D eigenvalue weighted by atomic mass is 16.2. The molecule has 2 amide bonds. The molecule has 2 heterocycles. The molecule has 1 aliphatic heterocycles. The van der Waals surface area contributed by atoms with Gasteiger partial charge in [-0.15, -0.1) is 0 Å². The van der Waals surface area contributed by atoms with E-state index in [1.807, 2.05) is 108 Å². The predicted octanol–water partition coefficient (Wildman–Crippen LogP) is 4.93. The topological polar surface area (TPSA) is 58.4 Å². The fourth-order valence-corrected chi connectivity index (χ4v) is 4.52. The highest BCUT2D eigenvalue weighted by Gasteiger charge is 2.21. The third kappa shape index (κ3) is 5.01. The first-order chi connectivity index (χ1) is 17.1. The van der Waals surface area contributed by atoms with Gasteiger partial charge in [0.1, 0.15) is 0 Å². The van der Waals surface area contributed by atoms with Crippen molar-refractivity contribution in [3.05, 3.63) is 108 Å². The van der Waals surface area contributed by atoms with Crippen LogP contribution in [0.3, 0.4) is 0 Å². The number of benzene rings is 3. The van der Waals surface area contributed by atoms with Crippen LogP contribution in [0.1, 0.15) is 34.3 Å². The van der Waals surface area contributed by atoms with E-state index in [0.717, 1.165) is 41.0 Å². The Morgan fingerprint density at radius 2 is 1.71 bits per heavy atom. The zero-order chi connectivity index (χ0) is 24.2. The molecule has 0 unspecified atom stereocenters. The first-order valence-corrected chi connectivity index (χ1v) is 11.9. The van der Waals surface area contributed by atoms with Crippen LogP contribution in [0, 0.1) is 0 Å². The molecule has 0 saturated carbocycles. The maximum absolute atomic E-state index is 13.3. The summed E-state index contributed by atoms with van der Waals surface area (Å²) in [5.41, 5.74) is 5.39. The summed E-state index contributed by atoms with van der Waals surface area (Å²) in [7, 11) is 1.81. The van der Waals surface area contributed by atoms with Crippen LogP contribution in [0.4, 0.5) is 0 Å². The molecule has 6 nitrogen and oxygen atoms in total. The minimum Gasteiger partial charge on any atom is -0.338 e. The van der Waals surface area contributed by atoms with Gasteiger partial charge in [-0.25, -0.2) is 4.68 Å². The predicted molar refractivity (Wildman–Crippen MR) is 136 cm³/mol. The SMILES string of the molecule is CN(Cc1cn(-c2ccccc2)nc1-c1ccccc1)C(=O)c1cccc(CN2CCCC2=O)c1. The van der Waals surface area contributed by atoms with Crippen LogP contribution in [-0.4, -0.2) is 45.0 Å². The molecule has 0 bridgehead atoms. The van der Waals surface area contributed by atoms with Crippen LogP contribution in [0.5, 0.6) is 0 Å². The Hall–Kier alpha value is -4.19. The molecule has 176 valence electrons. The van der Waals surface area contributed by atoms with Gasteiger partial charge in [0.05, 0.1) is 11.4 Å². The van der Waals surface area contributed by atoms with Crippen LogP contribution in [0.2, 0.25) is 0 Å². The van der Waals surface area contributed by atoms with Crippen molar-refractivity contribution in [1.29, 1.82) is 0 Å². The highest BCUT2D eigenvalue weighted by molar-refractivity contribution is 5.94. The van der Waals surface area contributed by atoms with Gasteiger partial charge in [-0.1, -0.05) is 60.7 Å². The Kier molecular flexibility index (Phi) is 6.44. The molecule has 0 N–H and O–H groups in total. The van der Waals surface area contributed by atoms with Crippen molar-refractivity contribution < 1.29 is 9.59 Å². The van der Waals surface area contributed by atoms with Gasteiger partial charge < -0.3 is 9.80 Å². The second-order valence-electron chi connectivity index (χ2n) is 8.93. The molecule has 0 atom stereocenters. The molecule has 35 heavy (non-hydrogen) atoms. The van der Waals surface area contributed by atoms with Crippen LogP contribution in [-0.2, 0) is 17.9 Å². The lowest BCUT2D eigenvalue weighted by molar-refractivity contribution is -0.128. The summed E-state index contributed by atoms with van der Waals surface area (Å²) in [6.45, 7) is 1.75. The summed E-state index contributed by atoms with van der Waals surface area (Å²) in [5.74, 6) is 0.119. The van der Waals surface area contributed by atoms with Gasteiger partial charge in [0.2, 0.25) is 5.91 Å². The number of carbonyl (C=O) groups excluding carboxylic acids is 2. The smallest absolute Gasteiger partial charge is 0.253 e. The number of likely N-dealkylation sites (tertiary alicyclic amines) is 1. The molecule has 6 heteroatoms. The Labute approximate surface area is 205 Å². The Bertz CT molecular complexity index is 1330. The molecule has 1 saturated heterocycles. The molecular weight excluding hydrogens is 436 g/mol. The number of carbonyl (C=O) groups is 2.